The fraction of sp³-hybridized carbons (Fsp3) is 0.455. The van der Waals surface area contributed by atoms with E-state index in [0.29, 0.717) is 9.20 Å². The lowest BCUT2D eigenvalue weighted by Gasteiger charge is -2.22. The summed E-state index contributed by atoms with van der Waals surface area (Å²) in [5.74, 6) is 0.00773. The van der Waals surface area contributed by atoms with Crippen LogP contribution < -0.4 is 19.7 Å². The third kappa shape index (κ3) is 5.19. The van der Waals surface area contributed by atoms with Gasteiger partial charge >= 0.3 is 0 Å². The zero-order chi connectivity index (χ0) is 19.4. The summed E-state index contributed by atoms with van der Waals surface area (Å²) in [6.45, 7) is 7.85. The number of aromatic nitrogens is 1. The molecular weight excluding hydrogens is 356 g/mol. The predicted molar refractivity (Wildman–Crippen MR) is 114 cm³/mol. The largest absolute Gasteiger partial charge is 0.372 e. The maximum absolute atomic E-state index is 12.2. The fourth-order valence-corrected chi connectivity index (χ4v) is 4.01. The minimum absolute atomic E-state index is 0.00773. The summed E-state index contributed by atoms with van der Waals surface area (Å²) in [5, 5.41) is 0. The van der Waals surface area contributed by atoms with Gasteiger partial charge in [-0.3, -0.25) is 9.59 Å². The van der Waals surface area contributed by atoms with E-state index in [1.54, 1.807) is 0 Å². The van der Waals surface area contributed by atoms with Gasteiger partial charge in [0.05, 0.1) is 9.20 Å². The number of hydrogen-bond acceptors (Lipinski definition) is 4. The standard InChI is InChI=1S/C22H28N2O2S/c1-22(2,3)19(25)15-20-23-21(26)18(27-20)14-16-8-10-17(11-9-16)24-12-6-4-5-7-13-24/h8-11,14-15H,4-7,12-13H2,1-3H3,(H,23,26)/b18-14+,20-15+. The Morgan fingerprint density at radius 2 is 1.70 bits per heavy atom. The molecule has 0 amide bonds. The Balaban J connectivity index is 1.84. The number of rotatable bonds is 3. The van der Waals surface area contributed by atoms with Crippen molar-refractivity contribution in [2.24, 2.45) is 5.41 Å². The van der Waals surface area contributed by atoms with Crippen LogP contribution in [0.5, 0.6) is 0 Å². The van der Waals surface area contributed by atoms with Crippen LogP contribution in [0.15, 0.2) is 29.1 Å². The molecule has 5 heteroatoms. The number of ketones is 1. The molecule has 0 unspecified atom stereocenters. The highest BCUT2D eigenvalue weighted by Crippen LogP contribution is 2.20. The van der Waals surface area contributed by atoms with E-state index in [9.17, 15) is 9.59 Å². The van der Waals surface area contributed by atoms with Crippen molar-refractivity contribution in [3.63, 3.8) is 0 Å². The molecule has 1 aliphatic heterocycles. The van der Waals surface area contributed by atoms with E-state index < -0.39 is 5.41 Å². The van der Waals surface area contributed by atoms with Crippen molar-refractivity contribution >= 4 is 35.0 Å². The van der Waals surface area contributed by atoms with E-state index in [0.717, 1.165) is 18.7 Å². The number of Topliss-reactive ketones (excluding diaryl/α,β-unsaturated/α-hetero) is 1. The molecule has 3 rings (SSSR count). The molecular formula is C22H28N2O2S. The molecule has 1 N–H and O–H groups in total. The molecule has 2 aromatic rings. The molecule has 0 aliphatic carbocycles. The molecule has 144 valence electrons. The van der Waals surface area contributed by atoms with Crippen molar-refractivity contribution in [3.05, 3.63) is 49.4 Å². The summed E-state index contributed by atoms with van der Waals surface area (Å²) in [6, 6.07) is 8.39. The van der Waals surface area contributed by atoms with Gasteiger partial charge in [-0.15, -0.1) is 11.3 Å². The van der Waals surface area contributed by atoms with Crippen molar-refractivity contribution in [3.8, 4) is 0 Å². The van der Waals surface area contributed by atoms with Gasteiger partial charge in [0.25, 0.3) is 5.56 Å². The van der Waals surface area contributed by atoms with Gasteiger partial charge in [0.1, 0.15) is 0 Å². The predicted octanol–water partition coefficient (Wildman–Crippen LogP) is 3.04. The number of thiazole rings is 1. The molecule has 27 heavy (non-hydrogen) atoms. The minimum atomic E-state index is -0.450. The number of carbonyl (C=O) groups is 1. The number of benzene rings is 1. The van der Waals surface area contributed by atoms with Crippen LogP contribution in [0.3, 0.4) is 0 Å². The Morgan fingerprint density at radius 1 is 1.07 bits per heavy atom. The molecule has 4 nitrogen and oxygen atoms in total. The lowest BCUT2D eigenvalue weighted by Crippen LogP contribution is -2.23. The molecule has 0 radical (unpaired) electrons. The molecule has 0 saturated carbocycles. The van der Waals surface area contributed by atoms with Crippen LogP contribution in [-0.4, -0.2) is 23.9 Å². The van der Waals surface area contributed by atoms with E-state index >= 15 is 0 Å². The Hall–Kier alpha value is -2.14. The lowest BCUT2D eigenvalue weighted by molar-refractivity contribution is -0.119. The smallest absolute Gasteiger partial charge is 0.266 e. The van der Waals surface area contributed by atoms with Crippen LogP contribution in [0.25, 0.3) is 12.2 Å². The van der Waals surface area contributed by atoms with Gasteiger partial charge in [-0.1, -0.05) is 45.7 Å². The third-order valence-electron chi connectivity index (χ3n) is 4.84. The van der Waals surface area contributed by atoms with E-state index in [2.05, 4.69) is 34.1 Å². The number of hydrogen-bond donors (Lipinski definition) is 1. The molecule has 1 aromatic carbocycles. The van der Waals surface area contributed by atoms with Gasteiger partial charge in [-0.25, -0.2) is 0 Å². The maximum Gasteiger partial charge on any atom is 0.266 e. The second-order valence-corrected chi connectivity index (χ2v) is 9.26. The first kappa shape index (κ1) is 19.6. The number of nitrogens with zero attached hydrogens (tertiary/aromatic N) is 1. The molecule has 0 bridgehead atoms. The Bertz CT molecular complexity index is 953. The van der Waals surface area contributed by atoms with Crippen LogP contribution >= 0.6 is 11.3 Å². The number of nitrogens with one attached hydrogen (secondary N) is 1. The van der Waals surface area contributed by atoms with Crippen LogP contribution in [0, 0.1) is 5.41 Å². The van der Waals surface area contributed by atoms with Crippen LogP contribution in [0.2, 0.25) is 0 Å². The summed E-state index contributed by atoms with van der Waals surface area (Å²) in [7, 11) is 0. The zero-order valence-corrected chi connectivity index (χ0v) is 17.2. The number of H-pyrrole nitrogens is 1. The average molecular weight is 385 g/mol. The normalized spacial score (nSPS) is 17.2. The van der Waals surface area contributed by atoms with Gasteiger partial charge in [0, 0.05) is 30.3 Å². The molecule has 0 atom stereocenters. The van der Waals surface area contributed by atoms with Crippen LogP contribution in [0.4, 0.5) is 5.69 Å². The van der Waals surface area contributed by atoms with E-state index in [-0.39, 0.29) is 11.3 Å². The van der Waals surface area contributed by atoms with Crippen LogP contribution in [-0.2, 0) is 4.79 Å². The summed E-state index contributed by atoms with van der Waals surface area (Å²) in [6.07, 6.45) is 8.57. The maximum atomic E-state index is 12.2. The van der Waals surface area contributed by atoms with Gasteiger partial charge in [0.2, 0.25) is 0 Å². The highest BCUT2D eigenvalue weighted by molar-refractivity contribution is 7.07. The summed E-state index contributed by atoms with van der Waals surface area (Å²) >= 11 is 1.32. The van der Waals surface area contributed by atoms with Crippen molar-refractivity contribution in [2.75, 3.05) is 18.0 Å². The molecule has 1 aliphatic rings. The lowest BCUT2D eigenvalue weighted by atomic mass is 9.91. The highest BCUT2D eigenvalue weighted by atomic mass is 32.1. The van der Waals surface area contributed by atoms with Crippen molar-refractivity contribution < 1.29 is 4.79 Å². The number of carbonyl (C=O) groups excluding carboxylic acids is 1. The number of anilines is 1. The zero-order valence-electron chi connectivity index (χ0n) is 16.4. The molecule has 2 heterocycles. The summed E-state index contributed by atoms with van der Waals surface area (Å²) in [4.78, 5) is 29.6. The minimum Gasteiger partial charge on any atom is -0.372 e. The first-order valence-electron chi connectivity index (χ1n) is 9.65. The van der Waals surface area contributed by atoms with Crippen molar-refractivity contribution in [1.82, 2.24) is 4.98 Å². The molecule has 1 saturated heterocycles. The summed E-state index contributed by atoms with van der Waals surface area (Å²) in [5.41, 5.74) is 1.64. The van der Waals surface area contributed by atoms with Gasteiger partial charge in [-0.2, -0.15) is 0 Å². The molecule has 0 spiro atoms. The number of aromatic amines is 1. The SMILES string of the molecule is CC(C)(C)C(=O)/C=c1\[nH]c(=O)/c(=C\c2ccc(N3CCCCCC3)cc2)s1. The van der Waals surface area contributed by atoms with Gasteiger partial charge in [0.15, 0.2) is 5.78 Å². The third-order valence-corrected chi connectivity index (χ3v) is 5.81. The monoisotopic (exact) mass is 384 g/mol. The molecule has 1 aromatic heterocycles. The van der Waals surface area contributed by atoms with E-state index in [1.165, 1.54) is 48.8 Å². The van der Waals surface area contributed by atoms with Gasteiger partial charge < -0.3 is 9.88 Å². The second kappa shape index (κ2) is 8.26. The van der Waals surface area contributed by atoms with E-state index in [1.807, 2.05) is 26.8 Å². The topological polar surface area (TPSA) is 53.2 Å². The first-order valence-corrected chi connectivity index (χ1v) is 10.5. The molecule has 1 fully saturated rings. The van der Waals surface area contributed by atoms with Crippen molar-refractivity contribution in [2.45, 2.75) is 46.5 Å². The Morgan fingerprint density at radius 3 is 2.30 bits per heavy atom. The fourth-order valence-electron chi connectivity index (χ4n) is 3.12. The van der Waals surface area contributed by atoms with E-state index in [4.69, 9.17) is 0 Å². The Labute approximate surface area is 164 Å². The quantitative estimate of drug-likeness (QED) is 0.885. The Kier molecular flexibility index (Phi) is 6.00. The summed E-state index contributed by atoms with van der Waals surface area (Å²) < 4.78 is 1.22. The average Bonchev–Trinajstić information content (AvgIpc) is 2.82. The first-order chi connectivity index (χ1) is 12.8. The highest BCUT2D eigenvalue weighted by Gasteiger charge is 2.18. The van der Waals surface area contributed by atoms with Crippen LogP contribution in [0.1, 0.15) is 52.0 Å². The van der Waals surface area contributed by atoms with Gasteiger partial charge in [-0.05, 0) is 36.6 Å². The second-order valence-electron chi connectivity index (χ2n) is 8.18. The van der Waals surface area contributed by atoms with Crippen molar-refractivity contribution in [1.29, 1.82) is 0 Å².